The van der Waals surface area contributed by atoms with E-state index in [1.165, 1.54) is 0 Å². The van der Waals surface area contributed by atoms with Crippen LogP contribution in [0.3, 0.4) is 0 Å². The number of benzene rings is 1. The summed E-state index contributed by atoms with van der Waals surface area (Å²) in [5.41, 5.74) is 8.10. The lowest BCUT2D eigenvalue weighted by Gasteiger charge is -2.24. The largest absolute Gasteiger partial charge is 0.369 e. The van der Waals surface area contributed by atoms with Gasteiger partial charge in [0.15, 0.2) is 5.95 Å². The van der Waals surface area contributed by atoms with Gasteiger partial charge in [0.2, 0.25) is 5.91 Å². The van der Waals surface area contributed by atoms with Gasteiger partial charge in [0.1, 0.15) is 0 Å². The summed E-state index contributed by atoms with van der Waals surface area (Å²) < 4.78 is 0. The Kier molecular flexibility index (Phi) is 4.29. The van der Waals surface area contributed by atoms with Crippen molar-refractivity contribution in [1.29, 1.82) is 0 Å². The summed E-state index contributed by atoms with van der Waals surface area (Å²) in [5, 5.41) is 2.99. The molecule has 0 atom stereocenters. The third-order valence-electron chi connectivity index (χ3n) is 3.55. The maximum Gasteiger partial charge on any atom is 0.227 e. The van der Waals surface area contributed by atoms with Gasteiger partial charge in [-0.1, -0.05) is 24.6 Å². The highest BCUT2D eigenvalue weighted by Gasteiger charge is 2.25. The van der Waals surface area contributed by atoms with E-state index in [0.717, 1.165) is 36.2 Å². The number of anilines is 2. The fraction of sp³-hybridized carbons (Fsp3) is 0.286. The molecule has 1 heterocycles. The molecule has 1 aromatic carbocycles. The van der Waals surface area contributed by atoms with Crippen LogP contribution in [0.5, 0.6) is 0 Å². The summed E-state index contributed by atoms with van der Waals surface area (Å²) in [7, 11) is 0. The van der Waals surface area contributed by atoms with Gasteiger partial charge in [0.25, 0.3) is 0 Å². The lowest BCUT2D eigenvalue weighted by atomic mass is 9.85. The quantitative estimate of drug-likeness (QED) is 0.813. The molecule has 4 N–H and O–H groups in total. The third-order valence-corrected chi connectivity index (χ3v) is 3.55. The summed E-state index contributed by atoms with van der Waals surface area (Å²) in [6.45, 7) is 0. The summed E-state index contributed by atoms with van der Waals surface area (Å²) in [5.74, 6) is 0.640. The Morgan fingerprint density at radius 2 is 2.10 bits per heavy atom. The molecule has 0 bridgehead atoms. The van der Waals surface area contributed by atoms with Crippen molar-refractivity contribution in [1.82, 2.24) is 9.97 Å². The van der Waals surface area contributed by atoms with Gasteiger partial charge in [0.05, 0.1) is 17.6 Å². The van der Waals surface area contributed by atoms with E-state index in [0.29, 0.717) is 5.95 Å². The zero-order valence-electron chi connectivity index (χ0n) is 10.9. The summed E-state index contributed by atoms with van der Waals surface area (Å²) >= 11 is 0. The Hall–Kier alpha value is -2.01. The smallest absolute Gasteiger partial charge is 0.227 e. The van der Waals surface area contributed by atoms with Gasteiger partial charge in [-0.25, -0.2) is 4.98 Å². The fourth-order valence-electron chi connectivity index (χ4n) is 2.21. The molecular formula is C14H17ClN4O. The zero-order chi connectivity index (χ0) is 13.2. The van der Waals surface area contributed by atoms with Crippen LogP contribution in [0.1, 0.15) is 19.3 Å². The number of hydrogen-bond donors (Lipinski definition) is 3. The lowest BCUT2D eigenvalue weighted by molar-refractivity contribution is -0.122. The van der Waals surface area contributed by atoms with Gasteiger partial charge in [-0.05, 0) is 18.9 Å². The number of nitrogens with one attached hydrogen (secondary N) is 2. The first-order valence-corrected chi connectivity index (χ1v) is 6.45. The number of H-pyrrole nitrogens is 1. The molecule has 1 fully saturated rings. The number of carbonyl (C=O) groups excluding carboxylic acids is 1. The van der Waals surface area contributed by atoms with Crippen LogP contribution in [-0.2, 0) is 4.79 Å². The molecule has 0 aliphatic heterocycles. The Balaban J connectivity index is 0.00000147. The SMILES string of the molecule is Cl.Nc1ncc(-c2ccccc2NC(=O)C2CCC2)[nH]1. The maximum atomic E-state index is 12.0. The number of hydrogen-bond acceptors (Lipinski definition) is 3. The van der Waals surface area contributed by atoms with Crippen LogP contribution in [0.2, 0.25) is 0 Å². The molecule has 1 aliphatic carbocycles. The van der Waals surface area contributed by atoms with Gasteiger partial charge in [0, 0.05) is 11.5 Å². The number of aromatic amines is 1. The van der Waals surface area contributed by atoms with Gasteiger partial charge >= 0.3 is 0 Å². The normalized spacial score (nSPS) is 14.2. The highest BCUT2D eigenvalue weighted by atomic mass is 35.5. The van der Waals surface area contributed by atoms with Crippen LogP contribution in [0.25, 0.3) is 11.3 Å². The van der Waals surface area contributed by atoms with Crippen LogP contribution >= 0.6 is 12.4 Å². The van der Waals surface area contributed by atoms with E-state index < -0.39 is 0 Å². The Bertz CT molecular complexity index is 607. The predicted molar refractivity (Wildman–Crippen MR) is 81.7 cm³/mol. The molecule has 2 aromatic rings. The van der Waals surface area contributed by atoms with Crippen LogP contribution in [0.15, 0.2) is 30.5 Å². The monoisotopic (exact) mass is 292 g/mol. The number of imidazole rings is 1. The first-order chi connectivity index (χ1) is 9.24. The average Bonchev–Trinajstić information content (AvgIpc) is 2.74. The minimum Gasteiger partial charge on any atom is -0.369 e. The third kappa shape index (κ3) is 2.77. The summed E-state index contributed by atoms with van der Waals surface area (Å²) in [6, 6.07) is 7.65. The summed E-state index contributed by atoms with van der Waals surface area (Å²) in [6.07, 6.45) is 4.80. The molecule has 0 saturated heterocycles. The molecule has 0 unspecified atom stereocenters. The van der Waals surface area contributed by atoms with E-state index in [1.54, 1.807) is 6.20 Å². The number of para-hydroxylation sites is 1. The van der Waals surface area contributed by atoms with Crippen LogP contribution in [0, 0.1) is 5.92 Å². The molecule has 3 rings (SSSR count). The topological polar surface area (TPSA) is 83.8 Å². The van der Waals surface area contributed by atoms with E-state index in [2.05, 4.69) is 15.3 Å². The number of nitrogens with two attached hydrogens (primary N) is 1. The van der Waals surface area contributed by atoms with Crippen LogP contribution < -0.4 is 11.1 Å². The van der Waals surface area contributed by atoms with Crippen LogP contribution in [0.4, 0.5) is 11.6 Å². The maximum absolute atomic E-state index is 12.0. The van der Waals surface area contributed by atoms with Crippen molar-refractivity contribution in [3.05, 3.63) is 30.5 Å². The van der Waals surface area contributed by atoms with E-state index in [-0.39, 0.29) is 24.2 Å². The van der Waals surface area contributed by atoms with E-state index >= 15 is 0 Å². The molecule has 1 saturated carbocycles. The number of nitrogens with zero attached hydrogens (tertiary/aromatic N) is 1. The molecule has 1 aliphatic rings. The molecular weight excluding hydrogens is 276 g/mol. The van der Waals surface area contributed by atoms with Gasteiger partial charge in [-0.15, -0.1) is 12.4 Å². The molecule has 20 heavy (non-hydrogen) atoms. The van der Waals surface area contributed by atoms with Gasteiger partial charge in [-0.3, -0.25) is 4.79 Å². The fourth-order valence-corrected chi connectivity index (χ4v) is 2.21. The minimum absolute atomic E-state index is 0. The van der Waals surface area contributed by atoms with Crippen molar-refractivity contribution < 1.29 is 4.79 Å². The van der Waals surface area contributed by atoms with Gasteiger partial charge < -0.3 is 16.0 Å². The van der Waals surface area contributed by atoms with E-state index in [4.69, 9.17) is 5.73 Å². The number of rotatable bonds is 3. The number of nitrogen functional groups attached to an aromatic ring is 1. The Morgan fingerprint density at radius 3 is 2.70 bits per heavy atom. The average molecular weight is 293 g/mol. The molecule has 6 heteroatoms. The minimum atomic E-state index is 0. The highest BCUT2D eigenvalue weighted by molar-refractivity contribution is 5.96. The van der Waals surface area contributed by atoms with Crippen molar-refractivity contribution in [2.45, 2.75) is 19.3 Å². The highest BCUT2D eigenvalue weighted by Crippen LogP contribution is 2.30. The number of amides is 1. The van der Waals surface area contributed by atoms with Crippen molar-refractivity contribution in [2.75, 3.05) is 11.1 Å². The van der Waals surface area contributed by atoms with Gasteiger partial charge in [-0.2, -0.15) is 0 Å². The van der Waals surface area contributed by atoms with Crippen molar-refractivity contribution >= 4 is 29.9 Å². The first-order valence-electron chi connectivity index (χ1n) is 6.45. The van der Waals surface area contributed by atoms with E-state index in [9.17, 15) is 4.79 Å². The molecule has 1 amide bonds. The first kappa shape index (κ1) is 14.4. The van der Waals surface area contributed by atoms with Crippen LogP contribution in [-0.4, -0.2) is 15.9 Å². The second kappa shape index (κ2) is 5.96. The molecule has 0 spiro atoms. The second-order valence-corrected chi connectivity index (χ2v) is 4.84. The van der Waals surface area contributed by atoms with Crippen molar-refractivity contribution in [3.63, 3.8) is 0 Å². The number of halogens is 1. The molecule has 106 valence electrons. The zero-order valence-corrected chi connectivity index (χ0v) is 11.7. The lowest BCUT2D eigenvalue weighted by Crippen LogP contribution is -2.28. The summed E-state index contributed by atoms with van der Waals surface area (Å²) in [4.78, 5) is 19.0. The molecule has 5 nitrogen and oxygen atoms in total. The predicted octanol–water partition coefficient (Wildman–Crippen LogP) is 2.82. The Labute approximate surface area is 123 Å². The Morgan fingerprint density at radius 1 is 1.35 bits per heavy atom. The standard InChI is InChI=1S/C14H16N4O.ClH/c15-14-16-8-12(18-14)10-6-1-2-7-11(10)17-13(19)9-4-3-5-9;/h1-2,6-9H,3-5H2,(H,17,19)(H3,15,16,18);1H. The van der Waals surface area contributed by atoms with Crippen molar-refractivity contribution in [3.8, 4) is 11.3 Å². The second-order valence-electron chi connectivity index (χ2n) is 4.84. The number of aromatic nitrogens is 2. The molecule has 0 radical (unpaired) electrons. The van der Waals surface area contributed by atoms with Crippen molar-refractivity contribution in [2.24, 2.45) is 5.92 Å². The number of carbonyl (C=O) groups is 1. The molecule has 1 aromatic heterocycles. The van der Waals surface area contributed by atoms with E-state index in [1.807, 2.05) is 24.3 Å².